The van der Waals surface area contributed by atoms with Gasteiger partial charge in [0.25, 0.3) is 0 Å². The maximum absolute atomic E-state index is 11.3. The second-order valence-corrected chi connectivity index (χ2v) is 7.06. The van der Waals surface area contributed by atoms with E-state index in [-0.39, 0.29) is 6.42 Å². The second kappa shape index (κ2) is 6.79. The molecule has 26 heavy (non-hydrogen) atoms. The average molecular weight is 347 g/mol. The molecule has 1 heterocycles. The van der Waals surface area contributed by atoms with Crippen LogP contribution in [0.4, 0.5) is 0 Å². The highest BCUT2D eigenvalue weighted by atomic mass is 16.5. The van der Waals surface area contributed by atoms with Crippen LogP contribution in [0, 0.1) is 11.8 Å². The van der Waals surface area contributed by atoms with Crippen LogP contribution >= 0.6 is 0 Å². The quantitative estimate of drug-likeness (QED) is 0.710. The Hall–Kier alpha value is -2.88. The lowest BCUT2D eigenvalue weighted by atomic mass is 9.95. The molecule has 0 saturated heterocycles. The van der Waals surface area contributed by atoms with Crippen molar-refractivity contribution in [3.63, 3.8) is 0 Å². The van der Waals surface area contributed by atoms with Crippen molar-refractivity contribution in [2.45, 2.75) is 19.8 Å². The summed E-state index contributed by atoms with van der Waals surface area (Å²) < 4.78 is 5.98. The van der Waals surface area contributed by atoms with Crippen LogP contribution in [0.25, 0.3) is 22.0 Å². The third-order valence-corrected chi connectivity index (χ3v) is 5.06. The van der Waals surface area contributed by atoms with E-state index in [0.29, 0.717) is 11.5 Å². The fraction of sp³-hybridized carbons (Fsp3) is 0.273. The van der Waals surface area contributed by atoms with Crippen LogP contribution in [0.2, 0.25) is 0 Å². The Kier molecular flexibility index (Phi) is 4.33. The van der Waals surface area contributed by atoms with Gasteiger partial charge in [-0.2, -0.15) is 0 Å². The van der Waals surface area contributed by atoms with Crippen molar-refractivity contribution >= 4 is 16.9 Å². The molecule has 0 spiro atoms. The van der Waals surface area contributed by atoms with Crippen LogP contribution in [0.1, 0.15) is 18.9 Å². The molecule has 2 atom stereocenters. The van der Waals surface area contributed by atoms with Crippen LogP contribution in [-0.2, 0) is 11.2 Å². The molecule has 0 bridgehead atoms. The van der Waals surface area contributed by atoms with Crippen molar-refractivity contribution in [1.29, 1.82) is 0 Å². The van der Waals surface area contributed by atoms with Gasteiger partial charge in [-0.3, -0.25) is 9.78 Å². The molecule has 0 radical (unpaired) electrons. The summed E-state index contributed by atoms with van der Waals surface area (Å²) >= 11 is 0. The van der Waals surface area contributed by atoms with E-state index in [9.17, 15) is 9.90 Å². The molecule has 1 aliphatic rings. The van der Waals surface area contributed by atoms with Crippen molar-refractivity contribution in [3.8, 4) is 16.9 Å². The summed E-state index contributed by atoms with van der Waals surface area (Å²) in [7, 11) is 0. The number of pyridine rings is 1. The molecule has 0 amide bonds. The van der Waals surface area contributed by atoms with E-state index in [2.05, 4.69) is 11.9 Å². The number of hydrogen-bond acceptors (Lipinski definition) is 3. The Labute approximate surface area is 152 Å². The largest absolute Gasteiger partial charge is 0.493 e. The number of hydrogen-bond donors (Lipinski definition) is 1. The van der Waals surface area contributed by atoms with Gasteiger partial charge >= 0.3 is 5.97 Å². The lowest BCUT2D eigenvalue weighted by Gasteiger charge is -2.13. The third-order valence-electron chi connectivity index (χ3n) is 5.06. The van der Waals surface area contributed by atoms with Gasteiger partial charge in [0.15, 0.2) is 0 Å². The van der Waals surface area contributed by atoms with Gasteiger partial charge in [-0.15, -0.1) is 0 Å². The van der Waals surface area contributed by atoms with Crippen LogP contribution in [0.5, 0.6) is 5.75 Å². The smallest absolute Gasteiger partial charge is 0.307 e. The molecule has 0 aliphatic heterocycles. The zero-order valence-electron chi connectivity index (χ0n) is 14.7. The lowest BCUT2D eigenvalue weighted by molar-refractivity contribution is -0.136. The van der Waals surface area contributed by atoms with E-state index in [1.165, 1.54) is 6.42 Å². The summed E-state index contributed by atoms with van der Waals surface area (Å²) in [6.45, 7) is 2.97. The van der Waals surface area contributed by atoms with E-state index in [1.807, 2.05) is 48.5 Å². The first kappa shape index (κ1) is 16.6. The first-order valence-corrected chi connectivity index (χ1v) is 8.93. The van der Waals surface area contributed by atoms with Crippen molar-refractivity contribution in [2.24, 2.45) is 11.8 Å². The number of benzene rings is 2. The van der Waals surface area contributed by atoms with Crippen molar-refractivity contribution < 1.29 is 14.6 Å². The number of aromatic nitrogens is 1. The third kappa shape index (κ3) is 3.40. The molecule has 1 fully saturated rings. The molecule has 4 rings (SSSR count). The summed E-state index contributed by atoms with van der Waals surface area (Å²) in [5.41, 5.74) is 3.46. The van der Waals surface area contributed by atoms with Gasteiger partial charge in [0.2, 0.25) is 0 Å². The minimum Gasteiger partial charge on any atom is -0.493 e. The van der Waals surface area contributed by atoms with Crippen molar-refractivity contribution in [2.75, 3.05) is 6.61 Å². The molecule has 4 nitrogen and oxygen atoms in total. The van der Waals surface area contributed by atoms with Gasteiger partial charge in [-0.25, -0.2) is 0 Å². The van der Waals surface area contributed by atoms with Gasteiger partial charge in [-0.1, -0.05) is 37.3 Å². The molecule has 4 heteroatoms. The Balaban J connectivity index is 1.79. The molecule has 132 valence electrons. The van der Waals surface area contributed by atoms with Crippen LogP contribution < -0.4 is 4.74 Å². The molecule has 1 unspecified atom stereocenters. The summed E-state index contributed by atoms with van der Waals surface area (Å²) in [6.07, 6.45) is 2.84. The summed E-state index contributed by atoms with van der Waals surface area (Å²) in [5.74, 6) is 1.34. The normalized spacial score (nSPS) is 18.7. The lowest BCUT2D eigenvalue weighted by Crippen LogP contribution is -2.04. The molecule has 3 aromatic rings. The predicted molar refractivity (Wildman–Crippen MR) is 101 cm³/mol. The predicted octanol–water partition coefficient (Wildman–Crippen LogP) is 4.56. The monoisotopic (exact) mass is 347 g/mol. The topological polar surface area (TPSA) is 59.4 Å². The van der Waals surface area contributed by atoms with E-state index in [4.69, 9.17) is 4.74 Å². The van der Waals surface area contributed by atoms with Gasteiger partial charge in [0.1, 0.15) is 5.75 Å². The summed E-state index contributed by atoms with van der Waals surface area (Å²) in [4.78, 5) is 15.8. The number of carboxylic acid groups (broad SMARTS) is 1. The highest BCUT2D eigenvalue weighted by Gasteiger charge is 2.33. The Morgan fingerprint density at radius 1 is 1.23 bits per heavy atom. The SMILES string of the molecule is CC1C[C@@H]1COc1ccc2ncc(CC(=O)O)c(-c3ccccc3)c2c1. The summed E-state index contributed by atoms with van der Waals surface area (Å²) in [5, 5.41) is 10.2. The Bertz CT molecular complexity index is 952. The first-order chi connectivity index (χ1) is 12.6. The molecule has 1 aliphatic carbocycles. The number of aliphatic carboxylic acids is 1. The number of fused-ring (bicyclic) bond motifs is 1. The minimum atomic E-state index is -0.863. The van der Waals surface area contributed by atoms with Crippen LogP contribution in [0.15, 0.2) is 54.7 Å². The molecule has 1 saturated carbocycles. The number of rotatable bonds is 6. The summed E-state index contributed by atoms with van der Waals surface area (Å²) in [6, 6.07) is 15.7. The highest BCUT2D eigenvalue weighted by molar-refractivity contribution is 5.97. The van der Waals surface area contributed by atoms with Gasteiger partial charge in [0.05, 0.1) is 18.5 Å². The molecular formula is C22H21NO3. The number of carbonyl (C=O) groups is 1. The van der Waals surface area contributed by atoms with E-state index < -0.39 is 5.97 Å². The maximum atomic E-state index is 11.3. The average Bonchev–Trinajstić information content (AvgIpc) is 3.35. The number of ether oxygens (including phenoxy) is 1. The zero-order chi connectivity index (χ0) is 18.1. The van der Waals surface area contributed by atoms with Crippen molar-refractivity contribution in [3.05, 3.63) is 60.3 Å². The van der Waals surface area contributed by atoms with Crippen LogP contribution in [-0.4, -0.2) is 22.7 Å². The molecular weight excluding hydrogens is 326 g/mol. The fourth-order valence-corrected chi connectivity index (χ4v) is 3.38. The fourth-order valence-electron chi connectivity index (χ4n) is 3.38. The van der Waals surface area contributed by atoms with Crippen LogP contribution in [0.3, 0.4) is 0 Å². The van der Waals surface area contributed by atoms with E-state index in [0.717, 1.165) is 40.3 Å². The maximum Gasteiger partial charge on any atom is 0.307 e. The van der Waals surface area contributed by atoms with Gasteiger partial charge in [-0.05, 0) is 53.1 Å². The second-order valence-electron chi connectivity index (χ2n) is 7.06. The van der Waals surface area contributed by atoms with Gasteiger partial charge < -0.3 is 9.84 Å². The minimum absolute atomic E-state index is 0.0577. The van der Waals surface area contributed by atoms with Crippen molar-refractivity contribution in [1.82, 2.24) is 4.98 Å². The molecule has 1 aromatic heterocycles. The standard InChI is InChI=1S/C22H21NO3/c1-14-9-17(14)13-26-18-7-8-20-19(11-18)22(15-5-3-2-4-6-15)16(12-23-20)10-21(24)25/h2-8,11-12,14,17H,9-10,13H2,1H3,(H,24,25)/t14?,17-/m1/s1. The van der Waals surface area contributed by atoms with E-state index in [1.54, 1.807) is 6.20 Å². The first-order valence-electron chi connectivity index (χ1n) is 8.93. The van der Waals surface area contributed by atoms with E-state index >= 15 is 0 Å². The Morgan fingerprint density at radius 3 is 2.69 bits per heavy atom. The van der Waals surface area contributed by atoms with Gasteiger partial charge in [0, 0.05) is 11.6 Å². The molecule has 2 aromatic carbocycles. The number of carboxylic acids is 1. The molecule has 1 N–H and O–H groups in total. The number of nitrogens with zero attached hydrogens (tertiary/aromatic N) is 1. The zero-order valence-corrected chi connectivity index (χ0v) is 14.7. The Morgan fingerprint density at radius 2 is 2.00 bits per heavy atom. The highest BCUT2D eigenvalue weighted by Crippen LogP contribution is 2.38.